The van der Waals surface area contributed by atoms with E-state index in [0.717, 1.165) is 0 Å². The molecule has 4 rings (SSSR count). The molecule has 124 valence electrons. The van der Waals surface area contributed by atoms with Crippen LogP contribution in [-0.4, -0.2) is 39.8 Å². The summed E-state index contributed by atoms with van der Waals surface area (Å²) in [5.41, 5.74) is 0.599. The Bertz CT molecular complexity index is 803. The number of hydrogen-bond donors (Lipinski definition) is 2. The second-order valence-electron chi connectivity index (χ2n) is 5.56. The minimum absolute atomic E-state index is 0.0551. The zero-order chi connectivity index (χ0) is 16.5. The van der Waals surface area contributed by atoms with E-state index >= 15 is 0 Å². The molecule has 0 aliphatic carbocycles. The van der Waals surface area contributed by atoms with Gasteiger partial charge in [0.15, 0.2) is 11.5 Å². The Kier molecular flexibility index (Phi) is 3.52. The largest absolute Gasteiger partial charge is 0.486 e. The molecule has 0 unspecified atom stereocenters. The first-order chi connectivity index (χ1) is 11.7. The number of rotatable bonds is 3. The van der Waals surface area contributed by atoms with E-state index < -0.39 is 5.92 Å². The van der Waals surface area contributed by atoms with E-state index in [1.165, 1.54) is 6.33 Å². The molecule has 2 aromatic rings. The van der Waals surface area contributed by atoms with Crippen LogP contribution in [0.1, 0.15) is 6.42 Å². The second kappa shape index (κ2) is 5.84. The van der Waals surface area contributed by atoms with Gasteiger partial charge in [-0.15, -0.1) is 0 Å². The first-order valence-electron chi connectivity index (χ1n) is 7.57. The highest BCUT2D eigenvalue weighted by Gasteiger charge is 2.29. The fraction of sp³-hybridized carbons (Fsp3) is 0.333. The molecule has 0 saturated heterocycles. The molecule has 24 heavy (non-hydrogen) atoms. The lowest BCUT2D eigenvalue weighted by Crippen LogP contribution is -2.36. The molecular weight excluding hydrogens is 314 g/mol. The molecule has 9 heteroatoms. The number of carbonyl (C=O) groups is 2. The van der Waals surface area contributed by atoms with E-state index in [1.54, 1.807) is 22.9 Å². The van der Waals surface area contributed by atoms with Crippen LogP contribution in [-0.2, 0) is 16.1 Å². The second-order valence-corrected chi connectivity index (χ2v) is 5.56. The summed E-state index contributed by atoms with van der Waals surface area (Å²) in [5, 5.41) is 9.42. The predicted molar refractivity (Wildman–Crippen MR) is 82.8 cm³/mol. The maximum atomic E-state index is 12.2. The Morgan fingerprint density at radius 1 is 1.33 bits per heavy atom. The number of benzene rings is 1. The number of aromatic nitrogens is 3. The number of hydrogen-bond acceptors (Lipinski definition) is 6. The van der Waals surface area contributed by atoms with Crippen molar-refractivity contribution in [1.82, 2.24) is 14.8 Å². The summed E-state index contributed by atoms with van der Waals surface area (Å²) in [6.45, 7) is 1.32. The Hall–Kier alpha value is -3.10. The molecule has 1 atom stereocenters. The number of anilines is 2. The van der Waals surface area contributed by atoms with Gasteiger partial charge < -0.3 is 14.8 Å². The molecule has 0 bridgehead atoms. The number of fused-ring (bicyclic) bond motifs is 2. The quantitative estimate of drug-likeness (QED) is 0.856. The zero-order valence-corrected chi connectivity index (χ0v) is 12.7. The lowest BCUT2D eigenvalue weighted by molar-refractivity contribution is -0.125. The third kappa shape index (κ3) is 2.75. The third-order valence-corrected chi connectivity index (χ3v) is 3.87. The van der Waals surface area contributed by atoms with Crippen LogP contribution >= 0.6 is 0 Å². The lowest BCUT2D eigenvalue weighted by Gasteiger charge is -2.22. The fourth-order valence-corrected chi connectivity index (χ4v) is 2.71. The normalized spacial score (nSPS) is 18.5. The molecule has 2 aliphatic rings. The maximum absolute atomic E-state index is 12.2. The van der Waals surface area contributed by atoms with E-state index in [4.69, 9.17) is 9.47 Å². The van der Waals surface area contributed by atoms with Crippen molar-refractivity contribution in [2.45, 2.75) is 13.0 Å². The molecule has 2 amide bonds. The maximum Gasteiger partial charge on any atom is 0.232 e. The average molecular weight is 329 g/mol. The molecule has 1 aromatic heterocycles. The van der Waals surface area contributed by atoms with Crippen molar-refractivity contribution in [3.05, 3.63) is 24.5 Å². The fourth-order valence-electron chi connectivity index (χ4n) is 2.71. The average Bonchev–Trinajstić information content (AvgIpc) is 3.02. The van der Waals surface area contributed by atoms with Gasteiger partial charge in [0.25, 0.3) is 0 Å². The van der Waals surface area contributed by atoms with Crippen LogP contribution in [0.3, 0.4) is 0 Å². The van der Waals surface area contributed by atoms with Crippen LogP contribution in [0, 0.1) is 5.92 Å². The molecule has 9 nitrogen and oxygen atoms in total. The monoisotopic (exact) mass is 329 g/mol. The SMILES string of the molecule is O=C(C[C@H]1Cn2ncnc2NC1=O)Nc1ccc2c(c1)OCCO2. The van der Waals surface area contributed by atoms with Gasteiger partial charge in [0, 0.05) is 18.2 Å². The summed E-state index contributed by atoms with van der Waals surface area (Å²) in [7, 11) is 0. The van der Waals surface area contributed by atoms with Gasteiger partial charge in [0.1, 0.15) is 19.5 Å². The van der Waals surface area contributed by atoms with E-state index in [2.05, 4.69) is 20.7 Å². The summed E-state index contributed by atoms with van der Waals surface area (Å²) in [5.74, 6) is 0.689. The van der Waals surface area contributed by atoms with E-state index in [9.17, 15) is 9.59 Å². The standard InChI is InChI=1S/C15H15N5O4/c21-13(5-9-7-20-15(16-8-17-20)19-14(9)22)18-10-1-2-11-12(6-10)24-4-3-23-11/h1-2,6,8-9H,3-5,7H2,(H,18,21)(H,16,17,19,22)/t9-/m0/s1. The topological polar surface area (TPSA) is 107 Å². The summed E-state index contributed by atoms with van der Waals surface area (Å²) >= 11 is 0. The van der Waals surface area contributed by atoms with E-state index in [1.807, 2.05) is 0 Å². The number of carbonyl (C=O) groups excluding carboxylic acids is 2. The van der Waals surface area contributed by atoms with Gasteiger partial charge in [-0.05, 0) is 12.1 Å². The predicted octanol–water partition coefficient (Wildman–Crippen LogP) is 0.646. The molecule has 0 fully saturated rings. The first kappa shape index (κ1) is 14.5. The van der Waals surface area contributed by atoms with Crippen LogP contribution in [0.4, 0.5) is 11.6 Å². The van der Waals surface area contributed by atoms with Crippen LogP contribution in [0.15, 0.2) is 24.5 Å². The van der Waals surface area contributed by atoms with Crippen molar-refractivity contribution in [2.75, 3.05) is 23.8 Å². The van der Waals surface area contributed by atoms with Crippen molar-refractivity contribution < 1.29 is 19.1 Å². The van der Waals surface area contributed by atoms with Crippen LogP contribution in [0.25, 0.3) is 0 Å². The number of nitrogens with zero attached hydrogens (tertiary/aromatic N) is 3. The number of ether oxygens (including phenoxy) is 2. The Balaban J connectivity index is 1.41. The van der Waals surface area contributed by atoms with Gasteiger partial charge in [-0.3, -0.25) is 14.9 Å². The van der Waals surface area contributed by atoms with Crippen LogP contribution in [0.2, 0.25) is 0 Å². The van der Waals surface area contributed by atoms with E-state index in [-0.39, 0.29) is 18.2 Å². The van der Waals surface area contributed by atoms with Gasteiger partial charge in [-0.1, -0.05) is 0 Å². The number of nitrogens with one attached hydrogen (secondary N) is 2. The van der Waals surface area contributed by atoms with Crippen molar-refractivity contribution in [3.63, 3.8) is 0 Å². The summed E-state index contributed by atoms with van der Waals surface area (Å²) in [4.78, 5) is 28.2. The van der Waals surface area contributed by atoms with Crippen LogP contribution < -0.4 is 20.1 Å². The van der Waals surface area contributed by atoms with Crippen molar-refractivity contribution >= 4 is 23.5 Å². The molecule has 0 radical (unpaired) electrons. The Morgan fingerprint density at radius 2 is 2.17 bits per heavy atom. The third-order valence-electron chi connectivity index (χ3n) is 3.87. The molecule has 1 aromatic carbocycles. The van der Waals surface area contributed by atoms with Gasteiger partial charge in [0.2, 0.25) is 17.8 Å². The number of amides is 2. The Morgan fingerprint density at radius 3 is 3.04 bits per heavy atom. The minimum atomic E-state index is -0.489. The van der Waals surface area contributed by atoms with Gasteiger partial charge in [-0.25, -0.2) is 4.68 Å². The van der Waals surface area contributed by atoms with Crippen molar-refractivity contribution in [2.24, 2.45) is 5.92 Å². The van der Waals surface area contributed by atoms with Crippen molar-refractivity contribution in [3.8, 4) is 11.5 Å². The summed E-state index contributed by atoms with van der Waals surface area (Å²) in [6, 6.07) is 5.20. The highest BCUT2D eigenvalue weighted by atomic mass is 16.6. The Labute approximate surface area is 137 Å². The van der Waals surface area contributed by atoms with Gasteiger partial charge in [0.05, 0.1) is 12.5 Å². The van der Waals surface area contributed by atoms with Gasteiger partial charge in [-0.2, -0.15) is 10.1 Å². The summed E-state index contributed by atoms with van der Waals surface area (Å²) in [6.07, 6.45) is 1.42. The molecule has 0 saturated carbocycles. The molecular formula is C15H15N5O4. The first-order valence-corrected chi connectivity index (χ1v) is 7.57. The van der Waals surface area contributed by atoms with Crippen LogP contribution in [0.5, 0.6) is 11.5 Å². The molecule has 2 N–H and O–H groups in total. The highest BCUT2D eigenvalue weighted by molar-refractivity contribution is 5.98. The minimum Gasteiger partial charge on any atom is -0.486 e. The van der Waals surface area contributed by atoms with E-state index in [0.29, 0.717) is 42.9 Å². The smallest absolute Gasteiger partial charge is 0.232 e. The highest BCUT2D eigenvalue weighted by Crippen LogP contribution is 2.32. The molecule has 0 spiro atoms. The molecule has 2 aliphatic heterocycles. The summed E-state index contributed by atoms with van der Waals surface area (Å²) < 4.78 is 12.5. The van der Waals surface area contributed by atoms with Gasteiger partial charge >= 0.3 is 0 Å². The molecule has 3 heterocycles. The zero-order valence-electron chi connectivity index (χ0n) is 12.7. The van der Waals surface area contributed by atoms with Crippen molar-refractivity contribution in [1.29, 1.82) is 0 Å². The lowest BCUT2D eigenvalue weighted by atomic mass is 10.0.